The van der Waals surface area contributed by atoms with E-state index in [1.807, 2.05) is 24.3 Å². The maximum absolute atomic E-state index is 11.4. The van der Waals surface area contributed by atoms with E-state index in [0.717, 1.165) is 25.2 Å². The van der Waals surface area contributed by atoms with Gasteiger partial charge in [-0.05, 0) is 37.6 Å². The van der Waals surface area contributed by atoms with Crippen molar-refractivity contribution in [3.05, 3.63) is 29.8 Å². The van der Waals surface area contributed by atoms with Crippen LogP contribution in [0.15, 0.2) is 24.3 Å². The molecule has 5 heteroatoms. The summed E-state index contributed by atoms with van der Waals surface area (Å²) in [7, 11) is -3.22. The highest BCUT2D eigenvalue weighted by molar-refractivity contribution is 7.92. The monoisotopic (exact) mass is 282 g/mol. The Hall–Kier alpha value is -1.07. The first-order chi connectivity index (χ1) is 9.04. The topological polar surface area (TPSA) is 49.4 Å². The summed E-state index contributed by atoms with van der Waals surface area (Å²) in [6, 6.07) is 7.65. The summed E-state index contributed by atoms with van der Waals surface area (Å²) in [6.07, 6.45) is 6.28. The van der Waals surface area contributed by atoms with Gasteiger partial charge in [0.05, 0.1) is 11.9 Å². The first-order valence-corrected chi connectivity index (χ1v) is 8.72. The summed E-state index contributed by atoms with van der Waals surface area (Å²) in [4.78, 5) is 2.41. The lowest BCUT2D eigenvalue weighted by molar-refractivity contribution is 0.277. The van der Waals surface area contributed by atoms with Gasteiger partial charge in [0.2, 0.25) is 10.0 Å². The molecule has 0 amide bonds. The van der Waals surface area contributed by atoms with E-state index in [1.165, 1.54) is 31.9 Å². The molecule has 4 nitrogen and oxygen atoms in total. The van der Waals surface area contributed by atoms with Gasteiger partial charge in [-0.25, -0.2) is 8.42 Å². The van der Waals surface area contributed by atoms with Crippen LogP contribution in [0.4, 0.5) is 5.69 Å². The SMILES string of the molecule is CS(=O)(=O)Nc1ccccc1CN1CCCCCC1. The number of hydrogen-bond donors (Lipinski definition) is 1. The van der Waals surface area contributed by atoms with Gasteiger partial charge in [0.15, 0.2) is 0 Å². The van der Waals surface area contributed by atoms with Crippen LogP contribution in [0.1, 0.15) is 31.2 Å². The molecule has 19 heavy (non-hydrogen) atoms. The molecule has 1 aromatic rings. The highest BCUT2D eigenvalue weighted by atomic mass is 32.2. The molecule has 1 N–H and O–H groups in total. The zero-order valence-electron chi connectivity index (χ0n) is 11.4. The van der Waals surface area contributed by atoms with E-state index in [1.54, 1.807) is 0 Å². The van der Waals surface area contributed by atoms with E-state index in [4.69, 9.17) is 0 Å². The van der Waals surface area contributed by atoms with Gasteiger partial charge in [0, 0.05) is 6.54 Å². The maximum atomic E-state index is 11.4. The Morgan fingerprint density at radius 3 is 2.37 bits per heavy atom. The largest absolute Gasteiger partial charge is 0.299 e. The van der Waals surface area contributed by atoms with Gasteiger partial charge < -0.3 is 0 Å². The first kappa shape index (κ1) is 14.3. The van der Waals surface area contributed by atoms with Crippen LogP contribution < -0.4 is 4.72 Å². The second kappa shape index (κ2) is 6.39. The molecule has 1 fully saturated rings. The number of benzene rings is 1. The predicted molar refractivity (Wildman–Crippen MR) is 78.7 cm³/mol. The van der Waals surface area contributed by atoms with Crippen LogP contribution in [0, 0.1) is 0 Å². The lowest BCUT2D eigenvalue weighted by Gasteiger charge is -2.21. The van der Waals surface area contributed by atoms with Crippen molar-refractivity contribution in [3.8, 4) is 0 Å². The normalized spacial score (nSPS) is 17.9. The van der Waals surface area contributed by atoms with Crippen molar-refractivity contribution < 1.29 is 8.42 Å². The number of hydrogen-bond acceptors (Lipinski definition) is 3. The Morgan fingerprint density at radius 1 is 1.11 bits per heavy atom. The second-order valence-corrected chi connectivity index (χ2v) is 6.97. The zero-order valence-corrected chi connectivity index (χ0v) is 12.2. The molecule has 0 atom stereocenters. The van der Waals surface area contributed by atoms with Crippen LogP contribution in [0.25, 0.3) is 0 Å². The Morgan fingerprint density at radius 2 is 1.74 bits per heavy atom. The smallest absolute Gasteiger partial charge is 0.229 e. The lowest BCUT2D eigenvalue weighted by Crippen LogP contribution is -2.24. The summed E-state index contributed by atoms with van der Waals surface area (Å²) in [5, 5.41) is 0. The molecule has 0 bridgehead atoms. The molecule has 1 aromatic carbocycles. The molecule has 0 aromatic heterocycles. The third-order valence-electron chi connectivity index (χ3n) is 3.41. The number of para-hydroxylation sites is 1. The van der Waals surface area contributed by atoms with Crippen LogP contribution in [0.5, 0.6) is 0 Å². The molecule has 0 saturated carbocycles. The number of nitrogens with one attached hydrogen (secondary N) is 1. The summed E-state index contributed by atoms with van der Waals surface area (Å²) < 4.78 is 25.4. The minimum absolute atomic E-state index is 0.703. The summed E-state index contributed by atoms with van der Waals surface area (Å²) in [5.74, 6) is 0. The van der Waals surface area contributed by atoms with Crippen LogP contribution in [0.3, 0.4) is 0 Å². The fourth-order valence-corrected chi connectivity index (χ4v) is 3.09. The van der Waals surface area contributed by atoms with Gasteiger partial charge >= 0.3 is 0 Å². The number of sulfonamides is 1. The Balaban J connectivity index is 2.10. The van der Waals surface area contributed by atoms with Crippen LogP contribution in [0.2, 0.25) is 0 Å². The number of nitrogens with zero attached hydrogens (tertiary/aromatic N) is 1. The fraction of sp³-hybridized carbons (Fsp3) is 0.571. The number of rotatable bonds is 4. The Kier molecular flexibility index (Phi) is 4.82. The average molecular weight is 282 g/mol. The van der Waals surface area contributed by atoms with Crippen molar-refractivity contribution in [1.82, 2.24) is 4.90 Å². The van der Waals surface area contributed by atoms with Gasteiger partial charge in [-0.15, -0.1) is 0 Å². The standard InChI is InChI=1S/C14H22N2O2S/c1-19(17,18)15-14-9-5-4-8-13(14)12-16-10-6-2-3-7-11-16/h4-5,8-9,15H,2-3,6-7,10-12H2,1H3. The third-order valence-corrected chi connectivity index (χ3v) is 4.00. The Bertz CT molecular complexity index is 506. The Labute approximate surface area is 115 Å². The lowest BCUT2D eigenvalue weighted by atomic mass is 10.1. The molecule has 1 aliphatic heterocycles. The molecule has 0 spiro atoms. The zero-order chi connectivity index (χ0) is 13.7. The van der Waals surface area contributed by atoms with Gasteiger partial charge in [-0.2, -0.15) is 0 Å². The maximum Gasteiger partial charge on any atom is 0.229 e. The molecular formula is C14H22N2O2S. The van der Waals surface area contributed by atoms with Crippen LogP contribution in [-0.4, -0.2) is 32.7 Å². The second-order valence-electron chi connectivity index (χ2n) is 5.22. The van der Waals surface area contributed by atoms with Crippen molar-refractivity contribution in [2.45, 2.75) is 32.2 Å². The van der Waals surface area contributed by atoms with Gasteiger partial charge in [0.25, 0.3) is 0 Å². The molecular weight excluding hydrogens is 260 g/mol. The van der Waals surface area contributed by atoms with E-state index in [2.05, 4.69) is 9.62 Å². The van der Waals surface area contributed by atoms with Crippen LogP contribution in [-0.2, 0) is 16.6 Å². The molecule has 1 aliphatic rings. The summed E-state index contributed by atoms with van der Waals surface area (Å²) in [5.41, 5.74) is 1.75. The predicted octanol–water partition coefficient (Wildman–Crippen LogP) is 2.43. The minimum atomic E-state index is -3.22. The summed E-state index contributed by atoms with van der Waals surface area (Å²) >= 11 is 0. The van der Waals surface area contributed by atoms with Crippen molar-refractivity contribution in [3.63, 3.8) is 0 Å². The molecule has 0 radical (unpaired) electrons. The highest BCUT2D eigenvalue weighted by Gasteiger charge is 2.12. The quantitative estimate of drug-likeness (QED) is 0.922. The number of likely N-dealkylation sites (tertiary alicyclic amines) is 1. The fourth-order valence-electron chi connectivity index (χ4n) is 2.49. The minimum Gasteiger partial charge on any atom is -0.299 e. The van der Waals surface area contributed by atoms with Gasteiger partial charge in [-0.1, -0.05) is 31.0 Å². The highest BCUT2D eigenvalue weighted by Crippen LogP contribution is 2.20. The van der Waals surface area contributed by atoms with Crippen molar-refractivity contribution in [1.29, 1.82) is 0 Å². The summed E-state index contributed by atoms with van der Waals surface area (Å²) in [6.45, 7) is 3.03. The van der Waals surface area contributed by atoms with Gasteiger partial charge in [-0.3, -0.25) is 9.62 Å². The van der Waals surface area contributed by atoms with Crippen molar-refractivity contribution in [2.75, 3.05) is 24.1 Å². The molecule has 106 valence electrons. The average Bonchev–Trinajstić information content (AvgIpc) is 2.58. The molecule has 2 rings (SSSR count). The molecule has 0 unspecified atom stereocenters. The van der Waals surface area contributed by atoms with E-state index in [0.29, 0.717) is 5.69 Å². The molecule has 1 heterocycles. The van der Waals surface area contributed by atoms with Crippen molar-refractivity contribution in [2.24, 2.45) is 0 Å². The van der Waals surface area contributed by atoms with Crippen LogP contribution >= 0.6 is 0 Å². The van der Waals surface area contributed by atoms with E-state index in [9.17, 15) is 8.42 Å². The first-order valence-electron chi connectivity index (χ1n) is 6.83. The van der Waals surface area contributed by atoms with E-state index < -0.39 is 10.0 Å². The third kappa shape index (κ3) is 4.84. The number of anilines is 1. The van der Waals surface area contributed by atoms with Gasteiger partial charge in [0.1, 0.15) is 0 Å². The molecule has 1 saturated heterocycles. The van der Waals surface area contributed by atoms with E-state index >= 15 is 0 Å². The van der Waals surface area contributed by atoms with E-state index in [-0.39, 0.29) is 0 Å². The molecule has 0 aliphatic carbocycles. The van der Waals surface area contributed by atoms with Crippen molar-refractivity contribution >= 4 is 15.7 Å².